The van der Waals surface area contributed by atoms with Gasteiger partial charge in [-0.1, -0.05) is 12.8 Å². The maximum absolute atomic E-state index is 14.0. The van der Waals surface area contributed by atoms with E-state index < -0.39 is 20.8 Å². The third-order valence-electron chi connectivity index (χ3n) is 3.44. The SMILES string of the molecule is Cc1cc(S(=O)(=O)Cl)cc(C(=O)NC2CCCC2)c1F. The van der Waals surface area contributed by atoms with Crippen LogP contribution >= 0.6 is 10.7 Å². The number of halogens is 2. The van der Waals surface area contributed by atoms with Gasteiger partial charge in [0, 0.05) is 16.7 Å². The highest BCUT2D eigenvalue weighted by Crippen LogP contribution is 2.23. The minimum Gasteiger partial charge on any atom is -0.349 e. The molecule has 1 aliphatic rings. The van der Waals surface area contributed by atoms with Crippen molar-refractivity contribution < 1.29 is 17.6 Å². The Morgan fingerprint density at radius 2 is 1.95 bits per heavy atom. The van der Waals surface area contributed by atoms with E-state index in [4.69, 9.17) is 10.7 Å². The summed E-state index contributed by atoms with van der Waals surface area (Å²) in [7, 11) is 1.25. The molecule has 4 nitrogen and oxygen atoms in total. The van der Waals surface area contributed by atoms with Crippen LogP contribution in [0.2, 0.25) is 0 Å². The highest BCUT2D eigenvalue weighted by Gasteiger charge is 2.23. The first kappa shape index (κ1) is 15.3. The van der Waals surface area contributed by atoms with Gasteiger partial charge in [-0.25, -0.2) is 12.8 Å². The van der Waals surface area contributed by atoms with Crippen molar-refractivity contribution in [3.05, 3.63) is 29.1 Å². The number of hydrogen-bond acceptors (Lipinski definition) is 3. The summed E-state index contributed by atoms with van der Waals surface area (Å²) >= 11 is 0. The number of amides is 1. The van der Waals surface area contributed by atoms with Gasteiger partial charge >= 0.3 is 0 Å². The first-order valence-electron chi connectivity index (χ1n) is 6.34. The van der Waals surface area contributed by atoms with Crippen LogP contribution in [0.15, 0.2) is 17.0 Å². The number of nitrogens with one attached hydrogen (secondary N) is 1. The molecule has 0 aliphatic heterocycles. The quantitative estimate of drug-likeness (QED) is 0.871. The lowest BCUT2D eigenvalue weighted by Crippen LogP contribution is -2.33. The van der Waals surface area contributed by atoms with Gasteiger partial charge < -0.3 is 5.32 Å². The third kappa shape index (κ3) is 3.30. The van der Waals surface area contributed by atoms with Gasteiger partial charge in [0.25, 0.3) is 15.0 Å². The Labute approximate surface area is 121 Å². The van der Waals surface area contributed by atoms with Crippen LogP contribution in [-0.4, -0.2) is 20.4 Å². The number of rotatable bonds is 3. The smallest absolute Gasteiger partial charge is 0.261 e. The lowest BCUT2D eigenvalue weighted by molar-refractivity contribution is 0.0933. The number of carbonyl (C=O) groups is 1. The van der Waals surface area contributed by atoms with E-state index in [0.717, 1.165) is 37.8 Å². The van der Waals surface area contributed by atoms with Gasteiger partial charge in [-0.3, -0.25) is 4.79 Å². The van der Waals surface area contributed by atoms with E-state index in [9.17, 15) is 17.6 Å². The van der Waals surface area contributed by atoms with Crippen LogP contribution in [0.3, 0.4) is 0 Å². The molecule has 0 spiro atoms. The zero-order chi connectivity index (χ0) is 14.9. The number of hydrogen-bond donors (Lipinski definition) is 1. The van der Waals surface area contributed by atoms with Crippen molar-refractivity contribution in [3.63, 3.8) is 0 Å². The number of benzene rings is 1. The van der Waals surface area contributed by atoms with Crippen molar-refractivity contribution in [1.29, 1.82) is 0 Å². The van der Waals surface area contributed by atoms with Crippen molar-refractivity contribution in [2.75, 3.05) is 0 Å². The van der Waals surface area contributed by atoms with E-state index in [2.05, 4.69) is 5.32 Å². The molecule has 1 aromatic rings. The van der Waals surface area contributed by atoms with Crippen LogP contribution in [0.4, 0.5) is 4.39 Å². The molecular formula is C13H15ClFNO3S. The van der Waals surface area contributed by atoms with Gasteiger partial charge in [-0.15, -0.1) is 0 Å². The number of carbonyl (C=O) groups excluding carboxylic acids is 1. The lowest BCUT2D eigenvalue weighted by Gasteiger charge is -2.13. The van der Waals surface area contributed by atoms with E-state index in [1.165, 1.54) is 6.92 Å². The average Bonchev–Trinajstić information content (AvgIpc) is 2.83. The minimum atomic E-state index is -4.00. The Morgan fingerprint density at radius 3 is 2.50 bits per heavy atom. The Morgan fingerprint density at radius 1 is 1.35 bits per heavy atom. The summed E-state index contributed by atoms with van der Waals surface area (Å²) in [5.41, 5.74) is -0.209. The second-order valence-electron chi connectivity index (χ2n) is 4.99. The molecule has 110 valence electrons. The molecule has 0 atom stereocenters. The molecule has 1 aliphatic carbocycles. The predicted octanol–water partition coefficient (Wildman–Crippen LogP) is 2.73. The van der Waals surface area contributed by atoms with E-state index in [-0.39, 0.29) is 22.1 Å². The van der Waals surface area contributed by atoms with Gasteiger partial charge in [-0.2, -0.15) is 0 Å². The fraction of sp³-hybridized carbons (Fsp3) is 0.462. The first-order valence-corrected chi connectivity index (χ1v) is 8.65. The summed E-state index contributed by atoms with van der Waals surface area (Å²) in [6.45, 7) is 1.40. The van der Waals surface area contributed by atoms with Crippen LogP contribution in [0.5, 0.6) is 0 Å². The molecule has 20 heavy (non-hydrogen) atoms. The van der Waals surface area contributed by atoms with Crippen molar-refractivity contribution in [1.82, 2.24) is 5.32 Å². The first-order chi connectivity index (χ1) is 9.29. The highest BCUT2D eigenvalue weighted by atomic mass is 35.7. The lowest BCUT2D eigenvalue weighted by atomic mass is 10.1. The van der Waals surface area contributed by atoms with Crippen LogP contribution in [0.1, 0.15) is 41.6 Å². The monoisotopic (exact) mass is 319 g/mol. The summed E-state index contributed by atoms with van der Waals surface area (Å²) < 4.78 is 36.6. The topological polar surface area (TPSA) is 63.2 Å². The van der Waals surface area contributed by atoms with Gasteiger partial charge in [0.1, 0.15) is 5.82 Å². The zero-order valence-electron chi connectivity index (χ0n) is 10.9. The summed E-state index contributed by atoms with van der Waals surface area (Å²) in [4.78, 5) is 11.8. The molecule has 2 rings (SSSR count). The molecular weight excluding hydrogens is 305 g/mol. The fourth-order valence-electron chi connectivity index (χ4n) is 2.38. The van der Waals surface area contributed by atoms with E-state index in [1.54, 1.807) is 0 Å². The van der Waals surface area contributed by atoms with Crippen LogP contribution in [-0.2, 0) is 9.05 Å². The molecule has 0 unspecified atom stereocenters. The van der Waals surface area contributed by atoms with Crippen LogP contribution in [0.25, 0.3) is 0 Å². The Balaban J connectivity index is 2.34. The molecule has 1 saturated carbocycles. The Hall–Kier alpha value is -1.14. The van der Waals surface area contributed by atoms with Gasteiger partial charge in [0.05, 0.1) is 10.5 Å². The third-order valence-corrected chi connectivity index (χ3v) is 4.78. The van der Waals surface area contributed by atoms with Gasteiger partial charge in [0.2, 0.25) is 0 Å². The number of aryl methyl sites for hydroxylation is 1. The zero-order valence-corrected chi connectivity index (χ0v) is 12.5. The van der Waals surface area contributed by atoms with E-state index >= 15 is 0 Å². The molecule has 1 amide bonds. The van der Waals surface area contributed by atoms with Crippen LogP contribution in [0, 0.1) is 12.7 Å². The fourth-order valence-corrected chi connectivity index (χ4v) is 3.22. The molecule has 1 aromatic carbocycles. The molecule has 1 fully saturated rings. The molecule has 0 saturated heterocycles. The maximum Gasteiger partial charge on any atom is 0.261 e. The summed E-state index contributed by atoms with van der Waals surface area (Å²) in [6.07, 6.45) is 3.78. The Kier molecular flexibility index (Phi) is 4.34. The van der Waals surface area contributed by atoms with Crippen molar-refractivity contribution >= 4 is 25.6 Å². The second kappa shape index (κ2) is 5.69. The van der Waals surface area contributed by atoms with E-state index in [0.29, 0.717) is 0 Å². The average molecular weight is 320 g/mol. The van der Waals surface area contributed by atoms with E-state index in [1.807, 2.05) is 0 Å². The maximum atomic E-state index is 14.0. The van der Waals surface area contributed by atoms with Crippen LogP contribution < -0.4 is 5.32 Å². The van der Waals surface area contributed by atoms with Crippen molar-refractivity contribution in [2.24, 2.45) is 0 Å². The van der Waals surface area contributed by atoms with Gasteiger partial charge in [-0.05, 0) is 37.5 Å². The second-order valence-corrected chi connectivity index (χ2v) is 7.56. The standard InChI is InChI=1S/C13H15ClFNO3S/c1-8-6-10(20(14,18)19)7-11(12(8)15)13(17)16-9-4-2-3-5-9/h6-7,9H,2-5H2,1H3,(H,16,17). The minimum absolute atomic E-state index is 0.0264. The largest absolute Gasteiger partial charge is 0.349 e. The highest BCUT2D eigenvalue weighted by molar-refractivity contribution is 8.13. The molecule has 0 aromatic heterocycles. The predicted molar refractivity (Wildman–Crippen MR) is 73.9 cm³/mol. The Bertz CT molecular complexity index is 639. The van der Waals surface area contributed by atoms with Gasteiger partial charge in [0.15, 0.2) is 0 Å². The normalized spacial score (nSPS) is 16.4. The molecule has 1 N–H and O–H groups in total. The molecule has 0 heterocycles. The molecule has 7 heteroatoms. The van der Waals surface area contributed by atoms with Crippen molar-refractivity contribution in [3.8, 4) is 0 Å². The van der Waals surface area contributed by atoms with Crippen molar-refractivity contribution in [2.45, 2.75) is 43.5 Å². The summed E-state index contributed by atoms with van der Waals surface area (Å²) in [5.74, 6) is -1.32. The molecule has 0 radical (unpaired) electrons. The molecule has 0 bridgehead atoms. The summed E-state index contributed by atoms with van der Waals surface area (Å²) in [6, 6.07) is 2.12. The summed E-state index contributed by atoms with van der Waals surface area (Å²) in [5, 5.41) is 2.73.